The molecule has 4 aromatic carbocycles. The third kappa shape index (κ3) is 7.19. The van der Waals surface area contributed by atoms with Gasteiger partial charge in [0.25, 0.3) is 0 Å². The molecule has 0 unspecified atom stereocenters. The molecular weight excluding hydrogens is 396 g/mol. The van der Waals surface area contributed by atoms with Crippen molar-refractivity contribution in [1.29, 1.82) is 0 Å². The van der Waals surface area contributed by atoms with Gasteiger partial charge in [0, 0.05) is 0 Å². The van der Waals surface area contributed by atoms with Crippen LogP contribution >= 0.6 is 0 Å². The van der Waals surface area contributed by atoms with E-state index in [1.54, 1.807) is 0 Å². The summed E-state index contributed by atoms with van der Waals surface area (Å²) < 4.78 is 0. The zero-order valence-corrected chi connectivity index (χ0v) is 20.2. The first kappa shape index (κ1) is 23.1. The molecule has 0 bridgehead atoms. The quantitative estimate of drug-likeness (QED) is 0.236. The summed E-state index contributed by atoms with van der Waals surface area (Å²) in [5.41, 5.74) is 11.2. The van der Waals surface area contributed by atoms with Gasteiger partial charge in [0.05, 0.1) is 0 Å². The van der Waals surface area contributed by atoms with Gasteiger partial charge in [-0.3, -0.25) is 0 Å². The Kier molecular flexibility index (Phi) is 8.14. The van der Waals surface area contributed by atoms with Crippen molar-refractivity contribution in [3.05, 3.63) is 142 Å². The molecule has 0 atom stereocenters. The number of benzene rings is 4. The largest absolute Gasteiger partial charge is 0.0651 e. The second-order valence-corrected chi connectivity index (χ2v) is 9.39. The van der Waals surface area contributed by atoms with Gasteiger partial charge in [0.15, 0.2) is 0 Å². The van der Waals surface area contributed by atoms with Gasteiger partial charge in [-0.1, -0.05) is 116 Å². The summed E-state index contributed by atoms with van der Waals surface area (Å²) >= 11 is 0. The standard InChI is InChI=1S/C33H36/c1-3-5-27-12-18-31(19-13-27)25-33-22-16-29(17-23-33)7-4-6-28-14-20-32(21-15-28)24-30-10-8-26(2)9-11-30/h8-23H,3-7,24-25H2,1-2H3. The van der Waals surface area contributed by atoms with Gasteiger partial charge < -0.3 is 0 Å². The van der Waals surface area contributed by atoms with Crippen molar-refractivity contribution in [1.82, 2.24) is 0 Å². The van der Waals surface area contributed by atoms with Gasteiger partial charge in [0.2, 0.25) is 0 Å². The van der Waals surface area contributed by atoms with E-state index in [4.69, 9.17) is 0 Å². The Balaban J connectivity index is 1.22. The predicted molar refractivity (Wildman–Crippen MR) is 142 cm³/mol. The first-order chi connectivity index (χ1) is 16.2. The topological polar surface area (TPSA) is 0 Å². The molecule has 4 rings (SSSR count). The zero-order chi connectivity index (χ0) is 22.9. The minimum absolute atomic E-state index is 1.01. The molecule has 168 valence electrons. The van der Waals surface area contributed by atoms with E-state index in [9.17, 15) is 0 Å². The van der Waals surface area contributed by atoms with Crippen LogP contribution in [0.3, 0.4) is 0 Å². The Morgan fingerprint density at radius 2 is 0.697 bits per heavy atom. The average molecular weight is 433 g/mol. The molecule has 0 saturated carbocycles. The maximum atomic E-state index is 2.31. The summed E-state index contributed by atoms with van der Waals surface area (Å²) in [4.78, 5) is 0. The molecule has 0 heteroatoms. The Morgan fingerprint density at radius 1 is 0.394 bits per heavy atom. The average Bonchev–Trinajstić information content (AvgIpc) is 2.84. The number of aryl methyl sites for hydroxylation is 4. The molecule has 0 aliphatic heterocycles. The first-order valence-electron chi connectivity index (χ1n) is 12.5. The lowest BCUT2D eigenvalue weighted by atomic mass is 9.98. The van der Waals surface area contributed by atoms with Gasteiger partial charge >= 0.3 is 0 Å². The minimum atomic E-state index is 1.01. The molecule has 0 fully saturated rings. The van der Waals surface area contributed by atoms with Crippen LogP contribution in [0.15, 0.2) is 97.1 Å². The van der Waals surface area contributed by atoms with Gasteiger partial charge in [-0.2, -0.15) is 0 Å². The molecule has 0 radical (unpaired) electrons. The maximum Gasteiger partial charge on any atom is -0.00258 e. The van der Waals surface area contributed by atoms with Crippen molar-refractivity contribution in [2.45, 2.75) is 58.8 Å². The van der Waals surface area contributed by atoms with Crippen molar-refractivity contribution < 1.29 is 0 Å². The summed E-state index contributed by atoms with van der Waals surface area (Å²) in [6, 6.07) is 36.4. The molecule has 0 aromatic heterocycles. The van der Waals surface area contributed by atoms with Crippen molar-refractivity contribution in [3.63, 3.8) is 0 Å². The first-order valence-corrected chi connectivity index (χ1v) is 12.5. The summed E-state index contributed by atoms with van der Waals surface area (Å²) in [6.45, 7) is 4.37. The Hall–Kier alpha value is -3.12. The molecule has 0 N–H and O–H groups in total. The highest BCUT2D eigenvalue weighted by molar-refractivity contribution is 5.32. The minimum Gasteiger partial charge on any atom is -0.0651 e. The van der Waals surface area contributed by atoms with Crippen LogP contribution in [-0.2, 0) is 32.1 Å². The number of hydrogen-bond acceptors (Lipinski definition) is 0. The van der Waals surface area contributed by atoms with E-state index in [2.05, 4.69) is 111 Å². The van der Waals surface area contributed by atoms with Crippen LogP contribution in [0.1, 0.15) is 64.3 Å². The molecule has 0 aliphatic carbocycles. The lowest BCUT2D eigenvalue weighted by molar-refractivity contribution is 0.819. The summed E-state index contributed by atoms with van der Waals surface area (Å²) in [5, 5.41) is 0. The Bertz CT molecular complexity index is 1100. The van der Waals surface area contributed by atoms with E-state index < -0.39 is 0 Å². The van der Waals surface area contributed by atoms with E-state index in [-0.39, 0.29) is 0 Å². The zero-order valence-electron chi connectivity index (χ0n) is 20.2. The lowest BCUT2D eigenvalue weighted by Gasteiger charge is -2.07. The van der Waals surface area contributed by atoms with E-state index in [1.165, 1.54) is 63.8 Å². The highest BCUT2D eigenvalue weighted by Crippen LogP contribution is 2.16. The van der Waals surface area contributed by atoms with Crippen LogP contribution < -0.4 is 0 Å². The summed E-state index contributed by atoms with van der Waals surface area (Å²) in [5.74, 6) is 0. The fourth-order valence-corrected chi connectivity index (χ4v) is 4.43. The van der Waals surface area contributed by atoms with Crippen molar-refractivity contribution in [3.8, 4) is 0 Å². The number of hydrogen-bond donors (Lipinski definition) is 0. The molecule has 0 spiro atoms. The van der Waals surface area contributed by atoms with Crippen LogP contribution in [0.4, 0.5) is 0 Å². The van der Waals surface area contributed by atoms with Gasteiger partial charge in [0.1, 0.15) is 0 Å². The second-order valence-electron chi connectivity index (χ2n) is 9.39. The molecule has 0 nitrogen and oxygen atoms in total. The highest BCUT2D eigenvalue weighted by atomic mass is 14.1. The summed E-state index contributed by atoms with van der Waals surface area (Å²) in [7, 11) is 0. The van der Waals surface area contributed by atoms with E-state index >= 15 is 0 Å². The lowest BCUT2D eigenvalue weighted by Crippen LogP contribution is -1.93. The SMILES string of the molecule is CCCc1ccc(Cc2ccc(CCCc3ccc(Cc4ccc(C)cc4)cc3)cc2)cc1. The second kappa shape index (κ2) is 11.7. The molecule has 33 heavy (non-hydrogen) atoms. The van der Waals surface area contributed by atoms with Crippen LogP contribution in [0.5, 0.6) is 0 Å². The fraction of sp³-hybridized carbons (Fsp3) is 0.273. The number of rotatable bonds is 10. The highest BCUT2D eigenvalue weighted by Gasteiger charge is 2.01. The Morgan fingerprint density at radius 3 is 1.06 bits per heavy atom. The monoisotopic (exact) mass is 432 g/mol. The molecular formula is C33H36. The smallest absolute Gasteiger partial charge is 0.00258 e. The van der Waals surface area contributed by atoms with Gasteiger partial charge in [-0.15, -0.1) is 0 Å². The van der Waals surface area contributed by atoms with Crippen molar-refractivity contribution in [2.24, 2.45) is 0 Å². The third-order valence-corrected chi connectivity index (χ3v) is 6.48. The van der Waals surface area contributed by atoms with Crippen LogP contribution in [-0.4, -0.2) is 0 Å². The van der Waals surface area contributed by atoms with Crippen molar-refractivity contribution in [2.75, 3.05) is 0 Å². The maximum absolute atomic E-state index is 2.31. The summed E-state index contributed by atoms with van der Waals surface area (Å²) in [6.07, 6.45) is 7.87. The predicted octanol–water partition coefficient (Wildman–Crippen LogP) is 8.30. The van der Waals surface area contributed by atoms with Crippen LogP contribution in [0.2, 0.25) is 0 Å². The van der Waals surface area contributed by atoms with E-state index in [0.29, 0.717) is 0 Å². The van der Waals surface area contributed by atoms with E-state index in [0.717, 1.165) is 25.7 Å². The molecule has 0 amide bonds. The molecule has 0 saturated heterocycles. The Labute approximate surface area is 200 Å². The van der Waals surface area contributed by atoms with Crippen LogP contribution in [0.25, 0.3) is 0 Å². The molecule has 0 aliphatic rings. The normalized spacial score (nSPS) is 11.0. The van der Waals surface area contributed by atoms with Crippen molar-refractivity contribution >= 4 is 0 Å². The van der Waals surface area contributed by atoms with Crippen LogP contribution in [0, 0.1) is 6.92 Å². The molecule has 0 heterocycles. The molecule has 4 aromatic rings. The van der Waals surface area contributed by atoms with Gasteiger partial charge in [-0.05, 0) is 84.4 Å². The fourth-order valence-electron chi connectivity index (χ4n) is 4.43. The third-order valence-electron chi connectivity index (χ3n) is 6.48. The van der Waals surface area contributed by atoms with Gasteiger partial charge in [-0.25, -0.2) is 0 Å². The van der Waals surface area contributed by atoms with E-state index in [1.807, 2.05) is 0 Å².